The van der Waals surface area contributed by atoms with Gasteiger partial charge in [-0.3, -0.25) is 0 Å². The fraction of sp³-hybridized carbons (Fsp3) is 0.188. The monoisotopic (exact) mass is 285 g/mol. The van der Waals surface area contributed by atoms with Gasteiger partial charge in [-0.2, -0.15) is 0 Å². The molecular formula is C16H19N3O2. The van der Waals surface area contributed by atoms with E-state index in [9.17, 15) is 4.79 Å². The van der Waals surface area contributed by atoms with Crippen molar-refractivity contribution in [1.82, 2.24) is 5.32 Å². The summed E-state index contributed by atoms with van der Waals surface area (Å²) in [6, 6.07) is 16.6. The Morgan fingerprint density at radius 3 is 2.57 bits per heavy atom. The molecule has 0 aliphatic rings. The van der Waals surface area contributed by atoms with Gasteiger partial charge in [0, 0.05) is 25.5 Å². The van der Waals surface area contributed by atoms with Crippen LogP contribution in [0.25, 0.3) is 0 Å². The first-order chi connectivity index (χ1) is 10.1. The highest BCUT2D eigenvalue weighted by Crippen LogP contribution is 2.17. The average molecular weight is 285 g/mol. The van der Waals surface area contributed by atoms with Gasteiger partial charge >= 0.3 is 6.03 Å². The minimum atomic E-state index is -0.304. The Balaban J connectivity index is 1.80. The number of carbonyl (C=O) groups is 1. The van der Waals surface area contributed by atoms with Crippen molar-refractivity contribution in [3.8, 4) is 5.75 Å². The van der Waals surface area contributed by atoms with Gasteiger partial charge in [0.1, 0.15) is 5.75 Å². The second-order valence-electron chi connectivity index (χ2n) is 4.68. The van der Waals surface area contributed by atoms with Crippen molar-refractivity contribution < 1.29 is 9.53 Å². The lowest BCUT2D eigenvalue weighted by Gasteiger charge is -2.14. The number of urea groups is 1. The van der Waals surface area contributed by atoms with Crippen LogP contribution in [-0.2, 0) is 0 Å². The van der Waals surface area contributed by atoms with Crippen LogP contribution in [0.15, 0.2) is 54.6 Å². The number of nitrogens with zero attached hydrogens (tertiary/aromatic N) is 1. The van der Waals surface area contributed by atoms with Crippen LogP contribution in [0.2, 0.25) is 0 Å². The fourth-order valence-corrected chi connectivity index (χ4v) is 1.74. The quantitative estimate of drug-likeness (QED) is 0.831. The third-order valence-corrected chi connectivity index (χ3v) is 2.84. The van der Waals surface area contributed by atoms with Gasteiger partial charge in [-0.05, 0) is 30.3 Å². The molecule has 0 atom stereocenters. The first-order valence-electron chi connectivity index (χ1n) is 6.65. The van der Waals surface area contributed by atoms with Gasteiger partial charge in [0.15, 0.2) is 6.73 Å². The molecule has 0 radical (unpaired) electrons. The third kappa shape index (κ3) is 4.72. The predicted molar refractivity (Wildman–Crippen MR) is 84.9 cm³/mol. The Bertz CT molecular complexity index is 585. The van der Waals surface area contributed by atoms with Crippen LogP contribution in [0, 0.1) is 0 Å². The van der Waals surface area contributed by atoms with Gasteiger partial charge in [0.2, 0.25) is 0 Å². The molecule has 2 aromatic rings. The lowest BCUT2D eigenvalue weighted by molar-refractivity contribution is 0.234. The number of rotatable bonds is 5. The van der Waals surface area contributed by atoms with E-state index in [1.807, 2.05) is 73.6 Å². The Kier molecular flexibility index (Phi) is 5.04. The summed E-state index contributed by atoms with van der Waals surface area (Å²) < 4.78 is 5.40. The van der Waals surface area contributed by atoms with Crippen LogP contribution in [0.4, 0.5) is 16.2 Å². The number of carbonyl (C=O) groups excluding carboxylic acids is 1. The SMILES string of the molecule is CN(C)c1cccc(NC(=O)NCOc2ccccc2)c1. The highest BCUT2D eigenvalue weighted by molar-refractivity contribution is 5.89. The van der Waals surface area contributed by atoms with E-state index in [2.05, 4.69) is 10.6 Å². The average Bonchev–Trinajstić information content (AvgIpc) is 2.48. The van der Waals surface area contributed by atoms with Crippen LogP contribution in [-0.4, -0.2) is 26.9 Å². The van der Waals surface area contributed by atoms with E-state index >= 15 is 0 Å². The van der Waals surface area contributed by atoms with Crippen LogP contribution in [0.1, 0.15) is 0 Å². The van der Waals surface area contributed by atoms with Crippen molar-refractivity contribution in [3.05, 3.63) is 54.6 Å². The lowest BCUT2D eigenvalue weighted by atomic mass is 10.2. The maximum atomic E-state index is 11.8. The number of amides is 2. The number of benzene rings is 2. The molecule has 5 nitrogen and oxygen atoms in total. The molecule has 2 aromatic carbocycles. The number of hydrogen-bond donors (Lipinski definition) is 2. The van der Waals surface area contributed by atoms with Gasteiger partial charge in [-0.1, -0.05) is 24.3 Å². The summed E-state index contributed by atoms with van der Waals surface area (Å²) in [6.45, 7) is 0.114. The van der Waals surface area contributed by atoms with Gasteiger partial charge < -0.3 is 20.3 Å². The van der Waals surface area contributed by atoms with Crippen molar-refractivity contribution in [1.29, 1.82) is 0 Å². The molecule has 0 aliphatic heterocycles. The highest BCUT2D eigenvalue weighted by atomic mass is 16.5. The van der Waals surface area contributed by atoms with E-state index in [4.69, 9.17) is 4.74 Å². The molecule has 0 spiro atoms. The summed E-state index contributed by atoms with van der Waals surface area (Å²) in [5.74, 6) is 0.715. The first-order valence-corrected chi connectivity index (χ1v) is 6.65. The summed E-state index contributed by atoms with van der Waals surface area (Å²) in [5.41, 5.74) is 1.76. The molecule has 0 unspecified atom stereocenters. The minimum absolute atomic E-state index is 0.114. The van der Waals surface area contributed by atoms with Crippen molar-refractivity contribution in [3.63, 3.8) is 0 Å². The smallest absolute Gasteiger partial charge is 0.321 e. The van der Waals surface area contributed by atoms with Crippen molar-refractivity contribution >= 4 is 17.4 Å². The van der Waals surface area contributed by atoms with E-state index in [1.165, 1.54) is 0 Å². The molecule has 0 saturated heterocycles. The maximum Gasteiger partial charge on any atom is 0.321 e. The van der Waals surface area contributed by atoms with Crippen LogP contribution in [0.5, 0.6) is 5.75 Å². The van der Waals surface area contributed by atoms with Crippen LogP contribution in [0.3, 0.4) is 0 Å². The second-order valence-corrected chi connectivity index (χ2v) is 4.68. The summed E-state index contributed by atoms with van der Waals surface area (Å²) in [6.07, 6.45) is 0. The molecule has 0 heterocycles. The molecule has 5 heteroatoms. The van der Waals surface area contributed by atoms with Gasteiger partial charge in [0.25, 0.3) is 0 Å². The normalized spacial score (nSPS) is 9.81. The molecular weight excluding hydrogens is 266 g/mol. The number of hydrogen-bond acceptors (Lipinski definition) is 3. The number of nitrogens with one attached hydrogen (secondary N) is 2. The van der Waals surface area contributed by atoms with Crippen molar-refractivity contribution in [2.24, 2.45) is 0 Å². The van der Waals surface area contributed by atoms with Gasteiger partial charge in [-0.15, -0.1) is 0 Å². The summed E-state index contributed by atoms with van der Waals surface area (Å²) >= 11 is 0. The topological polar surface area (TPSA) is 53.6 Å². The number of ether oxygens (including phenoxy) is 1. The molecule has 2 N–H and O–H groups in total. The van der Waals surface area contributed by atoms with E-state index in [0.29, 0.717) is 5.75 Å². The molecule has 21 heavy (non-hydrogen) atoms. The Labute approximate surface area is 124 Å². The van der Waals surface area contributed by atoms with Crippen molar-refractivity contribution in [2.75, 3.05) is 31.0 Å². The van der Waals surface area contributed by atoms with Gasteiger partial charge in [-0.25, -0.2) is 4.79 Å². The first kappa shape index (κ1) is 14.7. The van der Waals surface area contributed by atoms with E-state index < -0.39 is 0 Å². The zero-order chi connectivity index (χ0) is 15.1. The summed E-state index contributed by atoms with van der Waals surface area (Å²) in [7, 11) is 3.90. The Morgan fingerprint density at radius 2 is 1.86 bits per heavy atom. The Hall–Kier alpha value is -2.69. The molecule has 2 amide bonds. The van der Waals surface area contributed by atoms with Crippen LogP contribution < -0.4 is 20.3 Å². The Morgan fingerprint density at radius 1 is 1.10 bits per heavy atom. The van der Waals surface area contributed by atoms with E-state index in [1.54, 1.807) is 0 Å². The summed E-state index contributed by atoms with van der Waals surface area (Å²) in [4.78, 5) is 13.7. The predicted octanol–water partition coefficient (Wildman–Crippen LogP) is 2.91. The zero-order valence-electron chi connectivity index (χ0n) is 12.2. The second kappa shape index (κ2) is 7.19. The van der Waals surface area contributed by atoms with E-state index in [-0.39, 0.29) is 12.8 Å². The lowest BCUT2D eigenvalue weighted by Crippen LogP contribution is -2.32. The molecule has 0 saturated carbocycles. The number of anilines is 2. The third-order valence-electron chi connectivity index (χ3n) is 2.84. The molecule has 0 fully saturated rings. The summed E-state index contributed by atoms with van der Waals surface area (Å²) in [5, 5.41) is 5.41. The largest absolute Gasteiger partial charge is 0.473 e. The van der Waals surface area contributed by atoms with E-state index in [0.717, 1.165) is 11.4 Å². The van der Waals surface area contributed by atoms with Gasteiger partial charge in [0.05, 0.1) is 0 Å². The molecule has 0 aromatic heterocycles. The van der Waals surface area contributed by atoms with Crippen molar-refractivity contribution in [2.45, 2.75) is 0 Å². The van der Waals surface area contributed by atoms with Crippen LogP contribution >= 0.6 is 0 Å². The fourth-order valence-electron chi connectivity index (χ4n) is 1.74. The highest BCUT2D eigenvalue weighted by Gasteiger charge is 2.03. The standard InChI is InChI=1S/C16H19N3O2/c1-19(2)14-8-6-7-13(11-14)18-16(20)17-12-21-15-9-4-3-5-10-15/h3-11H,12H2,1-2H3,(H2,17,18,20). The molecule has 110 valence electrons. The molecule has 2 rings (SSSR count). The number of para-hydroxylation sites is 1. The minimum Gasteiger partial charge on any atom is -0.473 e. The molecule has 0 bridgehead atoms. The molecule has 0 aliphatic carbocycles. The zero-order valence-corrected chi connectivity index (χ0v) is 12.2. The maximum absolute atomic E-state index is 11.8.